The molecule has 4 aromatic rings. The van der Waals surface area contributed by atoms with Crippen molar-refractivity contribution in [3.05, 3.63) is 100 Å². The van der Waals surface area contributed by atoms with Crippen LogP contribution in [0.2, 0.25) is 0 Å². The number of fused-ring (bicyclic) bond motifs is 1. The molecule has 0 spiro atoms. The Labute approximate surface area is 235 Å². The molecular weight excluding hydrogens is 526 g/mol. The number of nitrogens with zero attached hydrogens (tertiary/aromatic N) is 2. The number of benzene rings is 3. The maximum absolute atomic E-state index is 14.2. The number of nitrogens with two attached hydrogens (primary N) is 1. The summed E-state index contributed by atoms with van der Waals surface area (Å²) in [6, 6.07) is 18.5. The van der Waals surface area contributed by atoms with E-state index in [9.17, 15) is 14.7 Å². The van der Waals surface area contributed by atoms with E-state index in [0.717, 1.165) is 0 Å². The average molecular weight is 554 g/mol. The van der Waals surface area contributed by atoms with Crippen LogP contribution in [0.4, 0.5) is 11.4 Å². The number of anilines is 2. The molecule has 10 heteroatoms. The lowest BCUT2D eigenvalue weighted by atomic mass is 9.91. The molecule has 3 aromatic carbocycles. The molecule has 1 amide bonds. The third kappa shape index (κ3) is 5.05. The van der Waals surface area contributed by atoms with Crippen molar-refractivity contribution in [2.24, 2.45) is 0 Å². The predicted octanol–water partition coefficient (Wildman–Crippen LogP) is 2.30. The standard InChI is InChI=1S/C31H27N3O7/c1-38-25-13-18(14-26(39-2)29(25)36)28-27-19(16-35)12-23(41-17-21-6-4-5-11-33-21)15-24(27)30(37)34(31(28)40-3)22-9-7-20(32)8-10-22/h4-15,31,36H,17,32H2,1-3H3. The second-order valence-electron chi connectivity index (χ2n) is 9.10. The van der Waals surface area contributed by atoms with Crippen molar-refractivity contribution in [3.63, 3.8) is 0 Å². The number of hydrogen-bond donors (Lipinski definition) is 2. The molecule has 3 N–H and O–H groups in total. The first-order valence-corrected chi connectivity index (χ1v) is 12.5. The molecule has 1 aliphatic heterocycles. The van der Waals surface area contributed by atoms with E-state index in [4.69, 9.17) is 24.7 Å². The van der Waals surface area contributed by atoms with Gasteiger partial charge in [-0.05, 0) is 66.2 Å². The Morgan fingerprint density at radius 1 is 1.00 bits per heavy atom. The predicted molar refractivity (Wildman–Crippen MR) is 151 cm³/mol. The Balaban J connectivity index is 1.81. The van der Waals surface area contributed by atoms with Crippen LogP contribution >= 0.6 is 0 Å². The maximum Gasteiger partial charge on any atom is 0.261 e. The van der Waals surface area contributed by atoms with E-state index >= 15 is 0 Å². The number of aromatic nitrogens is 1. The van der Waals surface area contributed by atoms with E-state index in [1.54, 1.807) is 60.8 Å². The van der Waals surface area contributed by atoms with E-state index < -0.39 is 12.1 Å². The van der Waals surface area contributed by atoms with Gasteiger partial charge in [-0.3, -0.25) is 14.7 Å². The number of hydrogen-bond acceptors (Lipinski definition) is 9. The summed E-state index contributed by atoms with van der Waals surface area (Å²) in [5.41, 5.74) is 8.74. The van der Waals surface area contributed by atoms with Crippen LogP contribution in [0.5, 0.6) is 23.0 Å². The molecule has 0 saturated heterocycles. The third-order valence-electron chi connectivity index (χ3n) is 6.72. The number of amides is 1. The lowest BCUT2D eigenvalue weighted by molar-refractivity contribution is 0.0859. The fourth-order valence-corrected chi connectivity index (χ4v) is 4.81. The second-order valence-corrected chi connectivity index (χ2v) is 9.10. The highest BCUT2D eigenvalue weighted by Gasteiger charge is 2.37. The van der Waals surface area contributed by atoms with Gasteiger partial charge in [0.25, 0.3) is 5.91 Å². The largest absolute Gasteiger partial charge is 0.502 e. The van der Waals surface area contributed by atoms with Crippen LogP contribution in [0.15, 0.2) is 72.9 Å². The fraction of sp³-hybridized carbons (Fsp3) is 0.161. The molecule has 1 aromatic heterocycles. The number of nitrogen functional groups attached to an aromatic ring is 1. The van der Waals surface area contributed by atoms with Gasteiger partial charge in [0, 0.05) is 35.5 Å². The minimum atomic E-state index is -0.995. The molecule has 1 atom stereocenters. The zero-order valence-corrected chi connectivity index (χ0v) is 22.6. The minimum absolute atomic E-state index is 0.0897. The Hall–Kier alpha value is -5.31. The maximum atomic E-state index is 14.2. The van der Waals surface area contributed by atoms with Gasteiger partial charge in [-0.25, -0.2) is 4.79 Å². The van der Waals surface area contributed by atoms with Crippen LogP contribution in [0, 0.1) is 0 Å². The second kappa shape index (κ2) is 11.4. The SMILES string of the molecule is COc1cc(C2=c3c(cc(OCc4ccccn4)cc3=C=O)C(=O)N(c3ccc(N)cc3)C2OC)cc(OC)c1O. The molecule has 1 aliphatic rings. The number of aromatic hydroxyl groups is 1. The Bertz CT molecular complexity index is 1730. The van der Waals surface area contributed by atoms with Crippen molar-refractivity contribution in [2.45, 2.75) is 12.8 Å². The van der Waals surface area contributed by atoms with Crippen LogP contribution in [0.25, 0.3) is 5.57 Å². The van der Waals surface area contributed by atoms with Gasteiger partial charge in [0.05, 0.1) is 30.7 Å². The highest BCUT2D eigenvalue weighted by molar-refractivity contribution is 6.11. The van der Waals surface area contributed by atoms with Gasteiger partial charge >= 0.3 is 0 Å². The molecule has 208 valence electrons. The molecule has 0 bridgehead atoms. The third-order valence-corrected chi connectivity index (χ3v) is 6.72. The molecular formula is C31H27N3O7. The summed E-state index contributed by atoms with van der Waals surface area (Å²) in [4.78, 5) is 32.3. The molecule has 0 aliphatic carbocycles. The van der Waals surface area contributed by atoms with E-state index in [1.165, 1.54) is 32.3 Å². The van der Waals surface area contributed by atoms with Crippen molar-refractivity contribution in [1.82, 2.24) is 4.98 Å². The molecule has 10 nitrogen and oxygen atoms in total. The van der Waals surface area contributed by atoms with Gasteiger partial charge in [0.15, 0.2) is 17.7 Å². The van der Waals surface area contributed by atoms with Crippen LogP contribution in [-0.4, -0.2) is 49.5 Å². The molecule has 1 unspecified atom stereocenters. The number of carbonyl (C=O) groups is 1. The Morgan fingerprint density at radius 2 is 1.71 bits per heavy atom. The highest BCUT2D eigenvalue weighted by Crippen LogP contribution is 2.41. The summed E-state index contributed by atoms with van der Waals surface area (Å²) >= 11 is 0. The van der Waals surface area contributed by atoms with Gasteiger partial charge in [-0.1, -0.05) is 6.07 Å². The fourth-order valence-electron chi connectivity index (χ4n) is 4.81. The number of phenols is 1. The summed E-state index contributed by atoms with van der Waals surface area (Å²) in [5, 5.41) is 11.0. The van der Waals surface area contributed by atoms with Gasteiger partial charge in [-0.15, -0.1) is 0 Å². The monoisotopic (exact) mass is 553 g/mol. The number of pyridine rings is 1. The first-order chi connectivity index (χ1) is 19.9. The van der Waals surface area contributed by atoms with E-state index in [0.29, 0.717) is 33.4 Å². The number of phenolic OH excluding ortho intramolecular Hbond substituents is 1. The molecule has 2 heterocycles. The highest BCUT2D eigenvalue weighted by atomic mass is 16.5. The van der Waals surface area contributed by atoms with Crippen LogP contribution in [0.1, 0.15) is 21.6 Å². The summed E-state index contributed by atoms with van der Waals surface area (Å²) < 4.78 is 22.6. The van der Waals surface area contributed by atoms with Crippen LogP contribution in [0.3, 0.4) is 0 Å². The summed E-state index contributed by atoms with van der Waals surface area (Å²) in [6.07, 6.45) is 0.654. The Kier molecular flexibility index (Phi) is 7.60. The quantitative estimate of drug-likeness (QED) is 0.315. The molecule has 0 saturated carbocycles. The first-order valence-electron chi connectivity index (χ1n) is 12.5. The van der Waals surface area contributed by atoms with Gasteiger partial charge in [0.2, 0.25) is 5.75 Å². The van der Waals surface area contributed by atoms with Crippen molar-refractivity contribution in [2.75, 3.05) is 32.0 Å². The minimum Gasteiger partial charge on any atom is -0.502 e. The van der Waals surface area contributed by atoms with Crippen LogP contribution in [-0.2, 0) is 16.1 Å². The summed E-state index contributed by atoms with van der Waals surface area (Å²) in [7, 11) is 4.27. The molecule has 0 radical (unpaired) electrons. The van der Waals surface area contributed by atoms with Crippen molar-refractivity contribution >= 4 is 28.8 Å². The average Bonchev–Trinajstić information content (AvgIpc) is 3.01. The lowest BCUT2D eigenvalue weighted by Gasteiger charge is -2.36. The lowest BCUT2D eigenvalue weighted by Crippen LogP contribution is -2.53. The van der Waals surface area contributed by atoms with E-state index in [-0.39, 0.29) is 40.4 Å². The number of ether oxygens (including phenoxy) is 4. The molecule has 5 rings (SSSR count). The number of rotatable bonds is 8. The number of carbonyl (C=O) groups excluding carboxylic acids is 2. The van der Waals surface area contributed by atoms with Gasteiger partial charge < -0.3 is 29.8 Å². The van der Waals surface area contributed by atoms with Gasteiger partial charge in [-0.2, -0.15) is 0 Å². The zero-order valence-electron chi connectivity index (χ0n) is 22.6. The zero-order chi connectivity index (χ0) is 29.1. The normalized spacial score (nSPS) is 14.3. The first kappa shape index (κ1) is 27.3. The molecule has 41 heavy (non-hydrogen) atoms. The summed E-state index contributed by atoms with van der Waals surface area (Å²) in [6.45, 7) is 0.122. The Morgan fingerprint density at radius 3 is 2.29 bits per heavy atom. The topological polar surface area (TPSA) is 133 Å². The summed E-state index contributed by atoms with van der Waals surface area (Å²) in [5.74, 6) is 1.89. The van der Waals surface area contributed by atoms with Crippen molar-refractivity contribution < 1.29 is 33.6 Å². The molecule has 0 fully saturated rings. The van der Waals surface area contributed by atoms with Crippen molar-refractivity contribution in [3.8, 4) is 23.0 Å². The van der Waals surface area contributed by atoms with Crippen LogP contribution < -0.4 is 35.3 Å². The van der Waals surface area contributed by atoms with Gasteiger partial charge in [0.1, 0.15) is 18.3 Å². The number of methoxy groups -OCH3 is 3. The smallest absolute Gasteiger partial charge is 0.261 e. The van der Waals surface area contributed by atoms with Crippen molar-refractivity contribution in [1.29, 1.82) is 0 Å². The van der Waals surface area contributed by atoms with E-state index in [2.05, 4.69) is 4.98 Å². The van der Waals surface area contributed by atoms with E-state index in [1.807, 2.05) is 12.0 Å².